The minimum absolute atomic E-state index is 0.0126. The van der Waals surface area contributed by atoms with E-state index in [2.05, 4.69) is 10.3 Å². The molecular formula is C18H15ClN4O3. The predicted molar refractivity (Wildman–Crippen MR) is 96.0 cm³/mol. The molecule has 1 amide bonds. The fraction of sp³-hybridized carbons (Fsp3) is 0.167. The Morgan fingerprint density at radius 2 is 2.04 bits per heavy atom. The van der Waals surface area contributed by atoms with Crippen LogP contribution in [0.25, 0.3) is 5.69 Å². The SMILES string of the molecule is COc1ccc(-n2cc(CN3C(=O)COc4ccc(Cl)cc43)nn2)cc1. The van der Waals surface area contributed by atoms with Gasteiger partial charge < -0.3 is 9.47 Å². The second kappa shape index (κ2) is 6.68. The zero-order valence-corrected chi connectivity index (χ0v) is 14.7. The first-order valence-electron chi connectivity index (χ1n) is 7.92. The van der Waals surface area contributed by atoms with E-state index in [0.29, 0.717) is 22.2 Å². The number of carbonyl (C=O) groups excluding carboxylic acids is 1. The molecule has 26 heavy (non-hydrogen) atoms. The molecule has 0 unspecified atom stereocenters. The Bertz CT molecular complexity index is 955. The van der Waals surface area contributed by atoms with Crippen molar-refractivity contribution in [2.24, 2.45) is 0 Å². The molecule has 2 aromatic carbocycles. The van der Waals surface area contributed by atoms with E-state index in [-0.39, 0.29) is 19.1 Å². The molecule has 0 radical (unpaired) electrons. The lowest BCUT2D eigenvalue weighted by atomic mass is 10.2. The van der Waals surface area contributed by atoms with Crippen molar-refractivity contribution in [2.75, 3.05) is 18.6 Å². The molecule has 1 aromatic heterocycles. The van der Waals surface area contributed by atoms with Crippen molar-refractivity contribution in [3.8, 4) is 17.2 Å². The largest absolute Gasteiger partial charge is 0.497 e. The molecule has 0 aliphatic carbocycles. The molecule has 1 aliphatic heterocycles. The highest BCUT2D eigenvalue weighted by atomic mass is 35.5. The fourth-order valence-corrected chi connectivity index (χ4v) is 2.91. The number of rotatable bonds is 4. The Balaban J connectivity index is 1.59. The number of anilines is 1. The number of ether oxygens (including phenoxy) is 2. The Labute approximate surface area is 154 Å². The first-order valence-corrected chi connectivity index (χ1v) is 8.30. The molecule has 0 N–H and O–H groups in total. The molecule has 7 nitrogen and oxygen atoms in total. The number of hydrogen-bond acceptors (Lipinski definition) is 5. The van der Waals surface area contributed by atoms with Crippen molar-refractivity contribution in [3.63, 3.8) is 0 Å². The molecule has 1 aliphatic rings. The van der Waals surface area contributed by atoms with Crippen LogP contribution in [0.1, 0.15) is 5.69 Å². The van der Waals surface area contributed by atoms with Crippen molar-refractivity contribution < 1.29 is 14.3 Å². The first-order chi connectivity index (χ1) is 12.6. The van der Waals surface area contributed by atoms with Crippen LogP contribution in [0.3, 0.4) is 0 Å². The van der Waals surface area contributed by atoms with E-state index in [4.69, 9.17) is 21.1 Å². The third-order valence-electron chi connectivity index (χ3n) is 4.06. The second-order valence-electron chi connectivity index (χ2n) is 5.73. The van der Waals surface area contributed by atoms with Gasteiger partial charge in [0.05, 0.1) is 31.2 Å². The van der Waals surface area contributed by atoms with Gasteiger partial charge in [-0.2, -0.15) is 0 Å². The molecule has 0 saturated carbocycles. The molecule has 0 fully saturated rings. The number of nitrogens with zero attached hydrogens (tertiary/aromatic N) is 4. The van der Waals surface area contributed by atoms with Crippen LogP contribution in [-0.2, 0) is 11.3 Å². The van der Waals surface area contributed by atoms with E-state index in [9.17, 15) is 4.79 Å². The van der Waals surface area contributed by atoms with Crippen molar-refractivity contribution >= 4 is 23.2 Å². The lowest BCUT2D eigenvalue weighted by molar-refractivity contribution is -0.121. The maximum absolute atomic E-state index is 12.3. The summed E-state index contributed by atoms with van der Waals surface area (Å²) < 4.78 is 12.3. The third kappa shape index (κ3) is 3.09. The van der Waals surface area contributed by atoms with Crippen molar-refractivity contribution in [1.82, 2.24) is 15.0 Å². The van der Waals surface area contributed by atoms with Gasteiger partial charge in [-0.25, -0.2) is 4.68 Å². The molecule has 132 valence electrons. The first kappa shape index (κ1) is 16.4. The topological polar surface area (TPSA) is 69.5 Å². The van der Waals surface area contributed by atoms with Gasteiger partial charge in [0.15, 0.2) is 6.61 Å². The van der Waals surface area contributed by atoms with Gasteiger partial charge in [-0.3, -0.25) is 9.69 Å². The zero-order valence-electron chi connectivity index (χ0n) is 13.9. The lowest BCUT2D eigenvalue weighted by Crippen LogP contribution is -2.38. The number of hydrogen-bond donors (Lipinski definition) is 0. The monoisotopic (exact) mass is 370 g/mol. The fourth-order valence-electron chi connectivity index (χ4n) is 2.74. The Hall–Kier alpha value is -3.06. The van der Waals surface area contributed by atoms with Crippen LogP contribution >= 0.6 is 11.6 Å². The molecule has 8 heteroatoms. The minimum Gasteiger partial charge on any atom is -0.497 e. The van der Waals surface area contributed by atoms with Gasteiger partial charge in [-0.1, -0.05) is 16.8 Å². The second-order valence-corrected chi connectivity index (χ2v) is 6.17. The molecule has 0 bridgehead atoms. The number of aromatic nitrogens is 3. The van der Waals surface area contributed by atoms with Gasteiger partial charge in [0, 0.05) is 5.02 Å². The summed E-state index contributed by atoms with van der Waals surface area (Å²) in [6.45, 7) is 0.271. The molecule has 2 heterocycles. The van der Waals surface area contributed by atoms with Gasteiger partial charge in [0.1, 0.15) is 17.2 Å². The van der Waals surface area contributed by atoms with Crippen LogP contribution in [0.15, 0.2) is 48.7 Å². The quantitative estimate of drug-likeness (QED) is 0.706. The number of fused-ring (bicyclic) bond motifs is 1. The molecule has 4 rings (SSSR count). The summed E-state index contributed by atoms with van der Waals surface area (Å²) in [7, 11) is 1.62. The summed E-state index contributed by atoms with van der Waals surface area (Å²) >= 11 is 6.07. The number of amides is 1. The number of benzene rings is 2. The number of methoxy groups -OCH3 is 1. The van der Waals surface area contributed by atoms with Crippen LogP contribution in [0.2, 0.25) is 5.02 Å². The van der Waals surface area contributed by atoms with Crippen LogP contribution in [-0.4, -0.2) is 34.6 Å². The van der Waals surface area contributed by atoms with Gasteiger partial charge in [0.2, 0.25) is 0 Å². The summed E-state index contributed by atoms with van der Waals surface area (Å²) in [6, 6.07) is 12.7. The van der Waals surface area contributed by atoms with Crippen molar-refractivity contribution in [2.45, 2.75) is 6.54 Å². The van der Waals surface area contributed by atoms with E-state index in [1.165, 1.54) is 0 Å². The zero-order chi connectivity index (χ0) is 18.1. The van der Waals surface area contributed by atoms with E-state index < -0.39 is 0 Å². The van der Waals surface area contributed by atoms with Gasteiger partial charge >= 0.3 is 0 Å². The third-order valence-corrected chi connectivity index (χ3v) is 4.30. The average molecular weight is 371 g/mol. The highest BCUT2D eigenvalue weighted by molar-refractivity contribution is 6.31. The Kier molecular flexibility index (Phi) is 4.22. The number of carbonyl (C=O) groups is 1. The van der Waals surface area contributed by atoms with E-state index in [1.807, 2.05) is 24.3 Å². The molecule has 3 aromatic rings. The average Bonchev–Trinajstić information content (AvgIpc) is 3.13. The van der Waals surface area contributed by atoms with E-state index >= 15 is 0 Å². The van der Waals surface area contributed by atoms with Gasteiger partial charge in [-0.15, -0.1) is 5.10 Å². The van der Waals surface area contributed by atoms with Gasteiger partial charge in [-0.05, 0) is 42.5 Å². The Morgan fingerprint density at radius 1 is 1.23 bits per heavy atom. The van der Waals surface area contributed by atoms with Crippen molar-refractivity contribution in [1.29, 1.82) is 0 Å². The number of halogens is 1. The molecule has 0 atom stereocenters. The lowest BCUT2D eigenvalue weighted by Gasteiger charge is -2.28. The summed E-state index contributed by atoms with van der Waals surface area (Å²) in [6.07, 6.45) is 1.79. The normalized spacial score (nSPS) is 13.3. The van der Waals surface area contributed by atoms with Crippen LogP contribution in [0.5, 0.6) is 11.5 Å². The molecule has 0 saturated heterocycles. The standard InChI is InChI=1S/C18H15ClN4O3/c1-25-15-5-3-14(4-6-15)23-10-13(20-21-23)9-22-16-8-12(19)2-7-17(16)26-11-18(22)24/h2-8,10H,9,11H2,1H3. The highest BCUT2D eigenvalue weighted by Crippen LogP contribution is 2.35. The summed E-state index contributed by atoms with van der Waals surface area (Å²) in [5, 5.41) is 8.85. The molecular weight excluding hydrogens is 356 g/mol. The summed E-state index contributed by atoms with van der Waals surface area (Å²) in [5.41, 5.74) is 2.14. The predicted octanol–water partition coefficient (Wildman–Crippen LogP) is 2.85. The van der Waals surface area contributed by atoms with Crippen LogP contribution in [0.4, 0.5) is 5.69 Å². The maximum atomic E-state index is 12.3. The molecule has 0 spiro atoms. The van der Waals surface area contributed by atoms with Crippen LogP contribution < -0.4 is 14.4 Å². The van der Waals surface area contributed by atoms with E-state index in [1.54, 1.807) is 41.1 Å². The van der Waals surface area contributed by atoms with E-state index in [0.717, 1.165) is 11.4 Å². The van der Waals surface area contributed by atoms with Gasteiger partial charge in [0.25, 0.3) is 5.91 Å². The summed E-state index contributed by atoms with van der Waals surface area (Å²) in [5.74, 6) is 1.23. The Morgan fingerprint density at radius 3 is 2.81 bits per heavy atom. The minimum atomic E-state index is -0.154. The summed E-state index contributed by atoms with van der Waals surface area (Å²) in [4.78, 5) is 13.9. The van der Waals surface area contributed by atoms with Crippen LogP contribution in [0, 0.1) is 0 Å². The smallest absolute Gasteiger partial charge is 0.265 e. The maximum Gasteiger partial charge on any atom is 0.265 e. The van der Waals surface area contributed by atoms with Crippen molar-refractivity contribution in [3.05, 3.63) is 59.4 Å². The highest BCUT2D eigenvalue weighted by Gasteiger charge is 2.26.